The molecule has 0 radical (unpaired) electrons. The molecule has 0 aliphatic heterocycles. The Balaban J connectivity index is 2.65. The molecule has 0 atom stereocenters. The van der Waals surface area contributed by atoms with Crippen molar-refractivity contribution in [3.63, 3.8) is 0 Å². The van der Waals surface area contributed by atoms with Gasteiger partial charge in [0.2, 0.25) is 5.78 Å². The Kier molecular flexibility index (Phi) is 5.20. The van der Waals surface area contributed by atoms with Crippen molar-refractivity contribution in [3.05, 3.63) is 29.8 Å². The Hall–Kier alpha value is -1.84. The predicted molar refractivity (Wildman–Crippen MR) is 63.0 cm³/mol. The largest absolute Gasteiger partial charge is 0.494 e. The van der Waals surface area contributed by atoms with E-state index in [0.29, 0.717) is 12.4 Å². The van der Waals surface area contributed by atoms with E-state index in [2.05, 4.69) is 4.74 Å². The van der Waals surface area contributed by atoms with Crippen LogP contribution in [0.25, 0.3) is 0 Å². The van der Waals surface area contributed by atoms with Gasteiger partial charge in [-0.15, -0.1) is 0 Å². The zero-order valence-electron chi connectivity index (χ0n) is 10.1. The van der Waals surface area contributed by atoms with Gasteiger partial charge in [0, 0.05) is 6.42 Å². The molecule has 1 rings (SSSR count). The fourth-order valence-corrected chi connectivity index (χ4v) is 1.34. The number of benzene rings is 1. The Morgan fingerprint density at radius 1 is 1.29 bits per heavy atom. The molecule has 4 heteroatoms. The van der Waals surface area contributed by atoms with Gasteiger partial charge in [0.05, 0.1) is 13.7 Å². The smallest absolute Gasteiger partial charge is 0.374 e. The first kappa shape index (κ1) is 13.2. The lowest BCUT2D eigenvalue weighted by Gasteiger charge is -2.06. The highest BCUT2D eigenvalue weighted by Gasteiger charge is 2.14. The molecule has 1 aromatic carbocycles. The summed E-state index contributed by atoms with van der Waals surface area (Å²) in [6.45, 7) is 2.65. The van der Waals surface area contributed by atoms with Crippen LogP contribution >= 0.6 is 0 Å². The zero-order chi connectivity index (χ0) is 12.7. The average molecular weight is 236 g/mol. The second-order valence-corrected chi connectivity index (χ2v) is 3.59. The molecule has 4 nitrogen and oxygen atoms in total. The molecule has 0 saturated carbocycles. The summed E-state index contributed by atoms with van der Waals surface area (Å²) in [7, 11) is 1.20. The molecule has 0 heterocycles. The first-order chi connectivity index (χ1) is 8.17. The number of methoxy groups -OCH3 is 1. The lowest BCUT2D eigenvalue weighted by atomic mass is 10.1. The number of Topliss-reactive ketones (excluding diaryl/α,β-unsaturated/α-hetero) is 1. The summed E-state index contributed by atoms with van der Waals surface area (Å²) in [5.74, 6) is -0.660. The second kappa shape index (κ2) is 6.68. The van der Waals surface area contributed by atoms with Gasteiger partial charge >= 0.3 is 5.97 Å². The van der Waals surface area contributed by atoms with Crippen LogP contribution in [0.5, 0.6) is 5.75 Å². The molecule has 0 N–H and O–H groups in total. The lowest BCUT2D eigenvalue weighted by Crippen LogP contribution is -2.17. The quantitative estimate of drug-likeness (QED) is 0.558. The summed E-state index contributed by atoms with van der Waals surface area (Å²) < 4.78 is 9.80. The number of ketones is 1. The van der Waals surface area contributed by atoms with Gasteiger partial charge in [-0.3, -0.25) is 4.79 Å². The number of esters is 1. The Morgan fingerprint density at radius 2 is 2.06 bits per heavy atom. The van der Waals surface area contributed by atoms with Crippen LogP contribution in [-0.4, -0.2) is 25.5 Å². The second-order valence-electron chi connectivity index (χ2n) is 3.59. The van der Waals surface area contributed by atoms with Crippen molar-refractivity contribution in [1.29, 1.82) is 0 Å². The summed E-state index contributed by atoms with van der Waals surface area (Å²) in [5.41, 5.74) is 0.744. The third kappa shape index (κ3) is 4.26. The molecule has 0 fully saturated rings. The van der Waals surface area contributed by atoms with Gasteiger partial charge in [-0.25, -0.2) is 4.79 Å². The van der Waals surface area contributed by atoms with E-state index in [1.807, 2.05) is 13.0 Å². The van der Waals surface area contributed by atoms with E-state index in [1.54, 1.807) is 18.2 Å². The van der Waals surface area contributed by atoms with Gasteiger partial charge in [0.1, 0.15) is 5.75 Å². The van der Waals surface area contributed by atoms with Crippen LogP contribution in [0.1, 0.15) is 18.9 Å². The minimum Gasteiger partial charge on any atom is -0.494 e. The maximum absolute atomic E-state index is 11.4. The number of ether oxygens (including phenoxy) is 2. The Labute approximate surface area is 101 Å². The summed E-state index contributed by atoms with van der Waals surface area (Å²) in [5, 5.41) is 0. The topological polar surface area (TPSA) is 52.6 Å². The van der Waals surface area contributed by atoms with Crippen LogP contribution in [0.2, 0.25) is 0 Å². The van der Waals surface area contributed by atoms with Crippen LogP contribution < -0.4 is 4.74 Å². The van der Waals surface area contributed by atoms with E-state index in [-0.39, 0.29) is 6.42 Å². The van der Waals surface area contributed by atoms with Crippen LogP contribution in [0.15, 0.2) is 24.3 Å². The fourth-order valence-electron chi connectivity index (χ4n) is 1.34. The molecule has 92 valence electrons. The first-order valence-corrected chi connectivity index (χ1v) is 5.50. The van der Waals surface area contributed by atoms with E-state index in [1.165, 1.54) is 7.11 Å². The van der Waals surface area contributed by atoms with Crippen molar-refractivity contribution in [3.8, 4) is 5.75 Å². The number of hydrogen-bond donors (Lipinski definition) is 0. The number of carbonyl (C=O) groups excluding carboxylic acids is 2. The van der Waals surface area contributed by atoms with Crippen molar-refractivity contribution >= 4 is 11.8 Å². The highest BCUT2D eigenvalue weighted by molar-refractivity contribution is 6.34. The predicted octanol–water partition coefficient (Wildman–Crippen LogP) is 1.76. The molecule has 1 aromatic rings. The molecule has 0 amide bonds. The highest BCUT2D eigenvalue weighted by Crippen LogP contribution is 2.14. The minimum atomic E-state index is -0.815. The maximum Gasteiger partial charge on any atom is 0.374 e. The summed E-state index contributed by atoms with van der Waals surface area (Å²) in [6.07, 6.45) is 0.960. The van der Waals surface area contributed by atoms with E-state index in [4.69, 9.17) is 4.74 Å². The minimum absolute atomic E-state index is 0.0377. The number of rotatable bonds is 6. The van der Waals surface area contributed by atoms with Crippen molar-refractivity contribution < 1.29 is 19.1 Å². The normalized spacial score (nSPS) is 9.76. The molecule has 0 bridgehead atoms. The van der Waals surface area contributed by atoms with E-state index < -0.39 is 11.8 Å². The monoisotopic (exact) mass is 236 g/mol. The third-order valence-corrected chi connectivity index (χ3v) is 2.15. The molecular formula is C13H16O4. The van der Waals surface area contributed by atoms with Crippen LogP contribution in [-0.2, 0) is 20.7 Å². The zero-order valence-corrected chi connectivity index (χ0v) is 10.1. The van der Waals surface area contributed by atoms with Crippen LogP contribution in [0, 0.1) is 0 Å². The molecule has 17 heavy (non-hydrogen) atoms. The first-order valence-electron chi connectivity index (χ1n) is 5.50. The summed E-state index contributed by atoms with van der Waals surface area (Å²) >= 11 is 0. The maximum atomic E-state index is 11.4. The van der Waals surface area contributed by atoms with Crippen molar-refractivity contribution in [1.82, 2.24) is 0 Å². The fraction of sp³-hybridized carbons (Fsp3) is 0.385. The highest BCUT2D eigenvalue weighted by atomic mass is 16.5. The van der Waals surface area contributed by atoms with Crippen LogP contribution in [0.4, 0.5) is 0 Å². The van der Waals surface area contributed by atoms with Gasteiger partial charge in [0.15, 0.2) is 0 Å². The summed E-state index contributed by atoms with van der Waals surface area (Å²) in [6, 6.07) is 7.16. The Morgan fingerprint density at radius 3 is 2.71 bits per heavy atom. The van der Waals surface area contributed by atoms with E-state index >= 15 is 0 Å². The SMILES string of the molecule is CCCOc1cccc(CC(=O)C(=O)OC)c1. The van der Waals surface area contributed by atoms with Gasteiger partial charge in [-0.05, 0) is 24.1 Å². The third-order valence-electron chi connectivity index (χ3n) is 2.15. The van der Waals surface area contributed by atoms with Crippen molar-refractivity contribution in [2.45, 2.75) is 19.8 Å². The summed E-state index contributed by atoms with van der Waals surface area (Å²) in [4.78, 5) is 22.3. The van der Waals surface area contributed by atoms with Crippen molar-refractivity contribution in [2.24, 2.45) is 0 Å². The van der Waals surface area contributed by atoms with E-state index in [0.717, 1.165) is 12.0 Å². The molecule has 0 spiro atoms. The van der Waals surface area contributed by atoms with Gasteiger partial charge in [-0.2, -0.15) is 0 Å². The van der Waals surface area contributed by atoms with E-state index in [9.17, 15) is 9.59 Å². The average Bonchev–Trinajstić information content (AvgIpc) is 2.35. The molecule has 0 aromatic heterocycles. The molecule has 0 saturated heterocycles. The molecule has 0 unspecified atom stereocenters. The number of hydrogen-bond acceptors (Lipinski definition) is 4. The Bertz CT molecular complexity index is 398. The van der Waals surface area contributed by atoms with Crippen molar-refractivity contribution in [2.75, 3.05) is 13.7 Å². The van der Waals surface area contributed by atoms with Gasteiger partial charge in [-0.1, -0.05) is 19.1 Å². The van der Waals surface area contributed by atoms with Crippen LogP contribution in [0.3, 0.4) is 0 Å². The lowest BCUT2D eigenvalue weighted by molar-refractivity contribution is -0.151. The molecular weight excluding hydrogens is 220 g/mol. The molecule has 0 aliphatic rings. The van der Waals surface area contributed by atoms with Gasteiger partial charge < -0.3 is 9.47 Å². The standard InChI is InChI=1S/C13H16O4/c1-3-7-17-11-6-4-5-10(8-11)9-12(14)13(15)16-2/h4-6,8H,3,7,9H2,1-2H3. The number of carbonyl (C=O) groups is 2. The van der Waals surface area contributed by atoms with Gasteiger partial charge in [0.25, 0.3) is 0 Å². The molecule has 0 aliphatic carbocycles.